The van der Waals surface area contributed by atoms with E-state index in [4.69, 9.17) is 10.00 Å². The SMILES string of the molecule is N#Cc1ncc(-c2ccc3ncc(C(=O)C4CC4)c(Nc4ccc(CC5CCCOCC5)cc4)c3c2)cn1. The predicted octanol–water partition coefficient (Wildman–Crippen LogP) is 6.26. The molecule has 1 unspecified atom stereocenters. The van der Waals surface area contributed by atoms with Crippen LogP contribution in [0.1, 0.15) is 53.8 Å². The summed E-state index contributed by atoms with van der Waals surface area (Å²) < 4.78 is 5.62. The third-order valence-corrected chi connectivity index (χ3v) is 7.49. The number of Topliss-reactive ketones (excluding diaryl/α,β-unsaturated/α-hetero) is 1. The van der Waals surface area contributed by atoms with E-state index in [1.54, 1.807) is 18.6 Å². The Bertz CT molecular complexity index is 1500. The Kier molecular flexibility index (Phi) is 6.80. The molecule has 0 spiro atoms. The number of ketones is 1. The second kappa shape index (κ2) is 10.7. The summed E-state index contributed by atoms with van der Waals surface area (Å²) in [7, 11) is 0. The van der Waals surface area contributed by atoms with Gasteiger partial charge in [-0.05, 0) is 79.8 Å². The molecule has 2 aliphatic rings. The molecular weight excluding hydrogens is 474 g/mol. The van der Waals surface area contributed by atoms with Crippen molar-refractivity contribution in [1.82, 2.24) is 15.0 Å². The lowest BCUT2D eigenvalue weighted by Crippen LogP contribution is -2.08. The summed E-state index contributed by atoms with van der Waals surface area (Å²) in [6.45, 7) is 1.73. The molecule has 1 saturated carbocycles. The molecule has 3 heterocycles. The van der Waals surface area contributed by atoms with E-state index in [0.29, 0.717) is 11.5 Å². The van der Waals surface area contributed by atoms with Crippen LogP contribution in [0, 0.1) is 23.2 Å². The first-order valence-corrected chi connectivity index (χ1v) is 13.3. The van der Waals surface area contributed by atoms with Gasteiger partial charge in [0.05, 0.1) is 16.8 Å². The Labute approximate surface area is 221 Å². The van der Waals surface area contributed by atoms with E-state index in [1.165, 1.54) is 12.0 Å². The average Bonchev–Trinajstić information content (AvgIpc) is 3.82. The molecule has 1 saturated heterocycles. The summed E-state index contributed by atoms with van der Waals surface area (Å²) in [5, 5.41) is 13.5. The fourth-order valence-corrected chi connectivity index (χ4v) is 5.17. The fraction of sp³-hybridized carbons (Fsp3) is 0.323. The zero-order valence-corrected chi connectivity index (χ0v) is 21.2. The van der Waals surface area contributed by atoms with Gasteiger partial charge in [0.25, 0.3) is 0 Å². The zero-order chi connectivity index (χ0) is 25.9. The highest BCUT2D eigenvalue weighted by atomic mass is 16.5. The number of nitrogens with one attached hydrogen (secondary N) is 1. The molecule has 6 rings (SSSR count). The molecule has 7 nitrogen and oxygen atoms in total. The van der Waals surface area contributed by atoms with Crippen LogP contribution in [0.15, 0.2) is 61.1 Å². The molecule has 1 aliphatic heterocycles. The van der Waals surface area contributed by atoms with Gasteiger partial charge in [-0.25, -0.2) is 9.97 Å². The van der Waals surface area contributed by atoms with Gasteiger partial charge in [-0.3, -0.25) is 9.78 Å². The minimum atomic E-state index is 0.0795. The van der Waals surface area contributed by atoms with E-state index in [2.05, 4.69) is 44.5 Å². The Morgan fingerprint density at radius 1 is 0.947 bits per heavy atom. The number of nitriles is 1. The summed E-state index contributed by atoms with van der Waals surface area (Å²) in [6, 6.07) is 16.4. The Morgan fingerprint density at radius 3 is 2.53 bits per heavy atom. The normalized spacial score (nSPS) is 17.5. The maximum Gasteiger partial charge on any atom is 0.232 e. The van der Waals surface area contributed by atoms with E-state index < -0.39 is 0 Å². The van der Waals surface area contributed by atoms with Crippen molar-refractivity contribution in [2.24, 2.45) is 11.8 Å². The first kappa shape index (κ1) is 24.2. The maximum atomic E-state index is 13.2. The molecule has 4 aromatic rings. The second-order valence-corrected chi connectivity index (χ2v) is 10.3. The Balaban J connectivity index is 1.33. The van der Waals surface area contributed by atoms with E-state index in [-0.39, 0.29) is 17.5 Å². The van der Waals surface area contributed by atoms with Crippen LogP contribution < -0.4 is 5.32 Å². The summed E-state index contributed by atoms with van der Waals surface area (Å²) in [5.74, 6) is 1.01. The van der Waals surface area contributed by atoms with Crippen LogP contribution in [-0.2, 0) is 11.2 Å². The molecule has 2 aromatic carbocycles. The lowest BCUT2D eigenvalue weighted by atomic mass is 9.93. The van der Waals surface area contributed by atoms with Crippen LogP contribution in [0.4, 0.5) is 11.4 Å². The van der Waals surface area contributed by atoms with Gasteiger partial charge in [-0.1, -0.05) is 18.2 Å². The second-order valence-electron chi connectivity index (χ2n) is 10.3. The van der Waals surface area contributed by atoms with Crippen molar-refractivity contribution in [1.29, 1.82) is 5.26 Å². The maximum absolute atomic E-state index is 13.2. The van der Waals surface area contributed by atoms with Gasteiger partial charge in [-0.15, -0.1) is 0 Å². The molecule has 0 bridgehead atoms. The standard InChI is InChI=1S/C31H29N5O2/c32-16-29-34-17-24(18-35-29)23-7-10-28-26(15-23)30(27(19-33-28)31(37)22-5-6-22)36-25-8-3-21(4-9-25)14-20-2-1-12-38-13-11-20/h3-4,7-10,15,17-20,22H,1-2,5-6,11-14H2,(H,33,36). The number of ether oxygens (including phenoxy) is 1. The minimum absolute atomic E-state index is 0.0795. The summed E-state index contributed by atoms with van der Waals surface area (Å²) in [5.41, 5.74) is 6.13. The van der Waals surface area contributed by atoms with Gasteiger partial charge >= 0.3 is 0 Å². The van der Waals surface area contributed by atoms with Crippen LogP contribution in [0.3, 0.4) is 0 Å². The minimum Gasteiger partial charge on any atom is -0.381 e. The zero-order valence-electron chi connectivity index (χ0n) is 21.2. The number of fused-ring (bicyclic) bond motifs is 1. The topological polar surface area (TPSA) is 101 Å². The lowest BCUT2D eigenvalue weighted by Gasteiger charge is -2.16. The van der Waals surface area contributed by atoms with E-state index in [0.717, 1.165) is 78.7 Å². The smallest absolute Gasteiger partial charge is 0.232 e. The highest BCUT2D eigenvalue weighted by Crippen LogP contribution is 2.38. The van der Waals surface area contributed by atoms with Gasteiger partial charge in [-0.2, -0.15) is 5.26 Å². The third kappa shape index (κ3) is 5.27. The van der Waals surface area contributed by atoms with Crippen molar-refractivity contribution >= 4 is 28.1 Å². The first-order valence-electron chi connectivity index (χ1n) is 13.3. The molecule has 0 amide bonds. The molecule has 1 aliphatic carbocycles. The monoisotopic (exact) mass is 503 g/mol. The van der Waals surface area contributed by atoms with Crippen molar-refractivity contribution in [2.45, 2.75) is 38.5 Å². The van der Waals surface area contributed by atoms with Crippen LogP contribution in [0.2, 0.25) is 0 Å². The molecule has 2 aromatic heterocycles. The Morgan fingerprint density at radius 2 is 1.76 bits per heavy atom. The van der Waals surface area contributed by atoms with E-state index in [9.17, 15) is 4.79 Å². The number of benzene rings is 2. The van der Waals surface area contributed by atoms with Gasteiger partial charge in [0, 0.05) is 54.4 Å². The molecule has 190 valence electrons. The number of rotatable bonds is 7. The Hall–Kier alpha value is -4.15. The number of hydrogen-bond donors (Lipinski definition) is 1. The van der Waals surface area contributed by atoms with Crippen LogP contribution in [-0.4, -0.2) is 33.9 Å². The quantitative estimate of drug-likeness (QED) is 0.297. The van der Waals surface area contributed by atoms with Gasteiger partial charge < -0.3 is 10.1 Å². The van der Waals surface area contributed by atoms with Crippen molar-refractivity contribution in [2.75, 3.05) is 18.5 Å². The number of carbonyl (C=O) groups excluding carboxylic acids is 1. The molecular formula is C31H29N5O2. The van der Waals surface area contributed by atoms with Gasteiger partial charge in [0.2, 0.25) is 5.82 Å². The van der Waals surface area contributed by atoms with Crippen molar-refractivity contribution in [3.8, 4) is 17.2 Å². The van der Waals surface area contributed by atoms with E-state index in [1.807, 2.05) is 24.3 Å². The molecule has 7 heteroatoms. The van der Waals surface area contributed by atoms with Crippen molar-refractivity contribution < 1.29 is 9.53 Å². The summed E-state index contributed by atoms with van der Waals surface area (Å²) >= 11 is 0. The molecule has 38 heavy (non-hydrogen) atoms. The summed E-state index contributed by atoms with van der Waals surface area (Å²) in [4.78, 5) is 26.1. The predicted molar refractivity (Wildman–Crippen MR) is 146 cm³/mol. The fourth-order valence-electron chi connectivity index (χ4n) is 5.17. The number of nitrogens with zero attached hydrogens (tertiary/aromatic N) is 4. The van der Waals surface area contributed by atoms with E-state index >= 15 is 0 Å². The van der Waals surface area contributed by atoms with Crippen LogP contribution in [0.5, 0.6) is 0 Å². The third-order valence-electron chi connectivity index (χ3n) is 7.49. The molecule has 0 radical (unpaired) electrons. The molecule has 1 atom stereocenters. The van der Waals surface area contributed by atoms with Crippen LogP contribution >= 0.6 is 0 Å². The van der Waals surface area contributed by atoms with Crippen molar-refractivity contribution in [3.05, 3.63) is 78.0 Å². The number of anilines is 2. The van der Waals surface area contributed by atoms with Crippen LogP contribution in [0.25, 0.3) is 22.0 Å². The summed E-state index contributed by atoms with van der Waals surface area (Å²) in [6.07, 6.45) is 11.4. The number of hydrogen-bond acceptors (Lipinski definition) is 7. The largest absolute Gasteiger partial charge is 0.381 e. The first-order chi connectivity index (χ1) is 18.7. The van der Waals surface area contributed by atoms with Gasteiger partial charge in [0.1, 0.15) is 6.07 Å². The average molecular weight is 504 g/mol. The van der Waals surface area contributed by atoms with Gasteiger partial charge in [0.15, 0.2) is 5.78 Å². The highest BCUT2D eigenvalue weighted by molar-refractivity contribution is 6.11. The highest BCUT2D eigenvalue weighted by Gasteiger charge is 2.32. The molecule has 1 N–H and O–H groups in total. The number of pyridine rings is 1. The number of aromatic nitrogens is 3. The molecule has 2 fully saturated rings. The van der Waals surface area contributed by atoms with Crippen molar-refractivity contribution in [3.63, 3.8) is 0 Å². The lowest BCUT2D eigenvalue weighted by molar-refractivity contribution is 0.0968. The number of carbonyl (C=O) groups is 1.